The van der Waals surface area contributed by atoms with E-state index >= 15 is 0 Å². The topological polar surface area (TPSA) is 0 Å². The summed E-state index contributed by atoms with van der Waals surface area (Å²) in [5, 5.41) is 0. The number of halogens is 2. The Kier molecular flexibility index (Phi) is 11.8. The SMILES string of the molecule is C[SiH](C)Cl.C[SiH](C)Cl. The van der Waals surface area contributed by atoms with Gasteiger partial charge in [0.25, 0.3) is 0 Å². The van der Waals surface area contributed by atoms with Crippen molar-refractivity contribution >= 4 is 38.4 Å². The summed E-state index contributed by atoms with van der Waals surface area (Å²) in [6.45, 7) is 8.28. The van der Waals surface area contributed by atoms with Crippen LogP contribution in [0.4, 0.5) is 0 Å². The van der Waals surface area contributed by atoms with Gasteiger partial charge < -0.3 is 0 Å². The molecule has 8 heavy (non-hydrogen) atoms. The molecule has 0 radical (unpaired) electrons. The van der Waals surface area contributed by atoms with Gasteiger partial charge in [-0.3, -0.25) is 0 Å². The Labute approximate surface area is 64.8 Å². The summed E-state index contributed by atoms with van der Waals surface area (Å²) in [6, 6.07) is 0. The lowest BCUT2D eigenvalue weighted by molar-refractivity contribution is 2.10. The molecule has 0 aliphatic carbocycles. The largest absolute Gasteiger partial charge is 0.172 e. The number of rotatable bonds is 0. The predicted molar refractivity (Wildman–Crippen MR) is 49.5 cm³/mol. The molecule has 0 nitrogen and oxygen atoms in total. The van der Waals surface area contributed by atoms with Gasteiger partial charge in [-0.2, -0.15) is 22.2 Å². The monoisotopic (exact) mass is 188 g/mol. The lowest BCUT2D eigenvalue weighted by Crippen LogP contribution is -1.78. The standard InChI is InChI=1S/2C2H7ClSi/c2*1-4(2)3/h2*4H,1-2H3. The van der Waals surface area contributed by atoms with Crippen LogP contribution in [0.2, 0.25) is 26.2 Å². The van der Waals surface area contributed by atoms with Gasteiger partial charge in [-0.05, 0) is 0 Å². The zero-order chi connectivity index (χ0) is 7.15. The van der Waals surface area contributed by atoms with Crippen LogP contribution >= 0.6 is 22.2 Å². The van der Waals surface area contributed by atoms with Crippen LogP contribution in [0.25, 0.3) is 0 Å². The van der Waals surface area contributed by atoms with Crippen LogP contribution < -0.4 is 0 Å². The second-order valence-corrected chi connectivity index (χ2v) is 11.3. The maximum absolute atomic E-state index is 5.41. The first-order chi connectivity index (χ1) is 3.46. The molecule has 0 spiro atoms. The molecule has 0 unspecified atom stereocenters. The van der Waals surface area contributed by atoms with Crippen LogP contribution in [0.5, 0.6) is 0 Å². The Balaban J connectivity index is 0. The predicted octanol–water partition coefficient (Wildman–Crippen LogP) is 2.42. The third-order valence-corrected chi connectivity index (χ3v) is 0. The van der Waals surface area contributed by atoms with E-state index in [0.717, 1.165) is 0 Å². The van der Waals surface area contributed by atoms with Crippen LogP contribution in [0.3, 0.4) is 0 Å². The third-order valence-electron chi connectivity index (χ3n) is 0. The minimum Gasteiger partial charge on any atom is -0.172 e. The van der Waals surface area contributed by atoms with Gasteiger partial charge in [0.1, 0.15) is 16.2 Å². The summed E-state index contributed by atoms with van der Waals surface area (Å²) in [4.78, 5) is 0. The van der Waals surface area contributed by atoms with Gasteiger partial charge in [0.2, 0.25) is 0 Å². The second kappa shape index (κ2) is 8.01. The van der Waals surface area contributed by atoms with E-state index in [2.05, 4.69) is 26.2 Å². The zero-order valence-corrected chi connectivity index (χ0v) is 9.73. The van der Waals surface area contributed by atoms with Crippen molar-refractivity contribution in [1.29, 1.82) is 0 Å². The van der Waals surface area contributed by atoms with Gasteiger partial charge in [0, 0.05) is 0 Å². The summed E-state index contributed by atoms with van der Waals surface area (Å²) in [7, 11) is -1.33. The van der Waals surface area contributed by atoms with E-state index < -0.39 is 16.2 Å². The average Bonchev–Trinajstić information content (AvgIpc) is 1.25. The van der Waals surface area contributed by atoms with E-state index in [4.69, 9.17) is 22.2 Å². The molecule has 0 saturated carbocycles. The molecule has 0 aromatic heterocycles. The molecule has 0 saturated heterocycles. The van der Waals surface area contributed by atoms with Gasteiger partial charge >= 0.3 is 0 Å². The molecule has 0 atom stereocenters. The van der Waals surface area contributed by atoms with E-state index in [9.17, 15) is 0 Å². The maximum Gasteiger partial charge on any atom is 0.134 e. The Morgan fingerprint density at radius 3 is 0.750 bits per heavy atom. The van der Waals surface area contributed by atoms with Crippen molar-refractivity contribution in [2.75, 3.05) is 0 Å². The Morgan fingerprint density at radius 2 is 0.750 bits per heavy atom. The maximum atomic E-state index is 5.41. The molecule has 0 fully saturated rings. The molecule has 0 N–H and O–H groups in total. The van der Waals surface area contributed by atoms with E-state index in [-0.39, 0.29) is 0 Å². The fourth-order valence-corrected chi connectivity index (χ4v) is 0. The molecular formula is C4H14Cl2Si2. The fraction of sp³-hybridized carbons (Fsp3) is 1.00. The van der Waals surface area contributed by atoms with Crippen LogP contribution in [0.15, 0.2) is 0 Å². The van der Waals surface area contributed by atoms with Crippen LogP contribution in [-0.2, 0) is 0 Å². The van der Waals surface area contributed by atoms with Crippen molar-refractivity contribution < 1.29 is 0 Å². The third kappa shape index (κ3) is 247. The zero-order valence-electron chi connectivity index (χ0n) is 5.91. The minimum absolute atomic E-state index is 0.667. The molecule has 0 aromatic rings. The highest BCUT2D eigenvalue weighted by Gasteiger charge is 1.76. The molecule has 0 rings (SSSR count). The molecular weight excluding hydrogens is 175 g/mol. The van der Waals surface area contributed by atoms with Crippen molar-refractivity contribution in [2.45, 2.75) is 26.2 Å². The highest BCUT2D eigenvalue weighted by atomic mass is 35.6. The lowest BCUT2D eigenvalue weighted by Gasteiger charge is -1.72. The highest BCUT2D eigenvalue weighted by Crippen LogP contribution is 1.80. The average molecular weight is 189 g/mol. The van der Waals surface area contributed by atoms with E-state index in [0.29, 0.717) is 0 Å². The minimum atomic E-state index is -0.667. The normalized spacial score (nSPS) is 9.00. The highest BCUT2D eigenvalue weighted by molar-refractivity contribution is 7.05. The van der Waals surface area contributed by atoms with Crippen molar-refractivity contribution in [3.8, 4) is 0 Å². The fourth-order valence-electron chi connectivity index (χ4n) is 0. The molecule has 52 valence electrons. The van der Waals surface area contributed by atoms with Crippen LogP contribution in [-0.4, -0.2) is 16.2 Å². The van der Waals surface area contributed by atoms with E-state index in [1.807, 2.05) is 0 Å². The van der Waals surface area contributed by atoms with Crippen molar-refractivity contribution in [1.82, 2.24) is 0 Å². The summed E-state index contributed by atoms with van der Waals surface area (Å²) >= 11 is 10.8. The summed E-state index contributed by atoms with van der Waals surface area (Å²) < 4.78 is 0. The summed E-state index contributed by atoms with van der Waals surface area (Å²) in [6.07, 6.45) is 0. The van der Waals surface area contributed by atoms with Crippen molar-refractivity contribution in [3.63, 3.8) is 0 Å². The first kappa shape index (κ1) is 11.8. The summed E-state index contributed by atoms with van der Waals surface area (Å²) in [5.74, 6) is 0. The molecule has 0 aliphatic rings. The van der Waals surface area contributed by atoms with Crippen molar-refractivity contribution in [2.24, 2.45) is 0 Å². The van der Waals surface area contributed by atoms with E-state index in [1.165, 1.54) is 0 Å². The number of hydrogen-bond acceptors (Lipinski definition) is 0. The van der Waals surface area contributed by atoms with Gasteiger partial charge in [-0.1, -0.05) is 26.2 Å². The Hall–Kier alpha value is 1.01. The van der Waals surface area contributed by atoms with Gasteiger partial charge in [0.15, 0.2) is 0 Å². The smallest absolute Gasteiger partial charge is 0.134 e. The van der Waals surface area contributed by atoms with Gasteiger partial charge in [0.05, 0.1) is 0 Å². The van der Waals surface area contributed by atoms with Crippen molar-refractivity contribution in [3.05, 3.63) is 0 Å². The second-order valence-electron chi connectivity index (χ2n) is 2.03. The molecule has 0 amide bonds. The molecule has 0 heterocycles. The quantitative estimate of drug-likeness (QED) is 0.405. The van der Waals surface area contributed by atoms with Crippen LogP contribution in [0, 0.1) is 0 Å². The lowest BCUT2D eigenvalue weighted by atomic mass is 11.9. The van der Waals surface area contributed by atoms with Gasteiger partial charge in [-0.25, -0.2) is 0 Å². The Bertz CT molecular complexity index is 27.5. The summed E-state index contributed by atoms with van der Waals surface area (Å²) in [5.41, 5.74) is 0. The van der Waals surface area contributed by atoms with E-state index in [1.54, 1.807) is 0 Å². The van der Waals surface area contributed by atoms with Crippen LogP contribution in [0.1, 0.15) is 0 Å². The molecule has 0 aliphatic heterocycles. The molecule has 0 bridgehead atoms. The Morgan fingerprint density at radius 1 is 0.750 bits per heavy atom. The first-order valence-electron chi connectivity index (χ1n) is 2.75. The first-order valence-corrected chi connectivity index (χ1v) is 10.9. The molecule has 4 heteroatoms. The van der Waals surface area contributed by atoms with Gasteiger partial charge in [-0.15, -0.1) is 0 Å². The number of hydrogen-bond donors (Lipinski definition) is 0. The molecule has 0 aromatic carbocycles.